The molecule has 0 unspecified atom stereocenters. The van der Waals surface area contributed by atoms with Gasteiger partial charge in [-0.15, -0.1) is 10.2 Å². The lowest BCUT2D eigenvalue weighted by molar-refractivity contribution is 0.460. The Hall–Kier alpha value is -2.02. The van der Waals surface area contributed by atoms with E-state index in [-0.39, 0.29) is 0 Å². The molecule has 2 N–H and O–H groups in total. The van der Waals surface area contributed by atoms with Crippen LogP contribution >= 0.6 is 11.8 Å². The Bertz CT molecular complexity index is 737. The maximum absolute atomic E-state index is 4.47. The second kappa shape index (κ2) is 11.1. The summed E-state index contributed by atoms with van der Waals surface area (Å²) in [6.07, 6.45) is 10.2. The maximum atomic E-state index is 4.47. The number of aryl methyl sites for hydroxylation is 1. The Labute approximate surface area is 172 Å². The zero-order chi connectivity index (χ0) is 19.6. The molecular formula is C21H32N6S. The standard InChI is InChI=1S/C21H32N6S/c1-22-20(24-16-14-17-9-4-3-5-10-17)23-15-8-13-19-25-26-21(28-2)27(19)18-11-6-7-12-18/h3-5,9-10,18H,6-8,11-16H2,1-2H3,(H2,22,23,24). The van der Waals surface area contributed by atoms with Crippen LogP contribution in [0.1, 0.15) is 49.5 Å². The largest absolute Gasteiger partial charge is 0.356 e. The van der Waals surface area contributed by atoms with E-state index in [2.05, 4.69) is 60.9 Å². The number of hydrogen-bond acceptors (Lipinski definition) is 4. The zero-order valence-electron chi connectivity index (χ0n) is 17.0. The summed E-state index contributed by atoms with van der Waals surface area (Å²) in [6, 6.07) is 11.1. The number of guanidine groups is 1. The molecular weight excluding hydrogens is 368 g/mol. The molecule has 2 aromatic rings. The van der Waals surface area contributed by atoms with Gasteiger partial charge in [0.2, 0.25) is 0 Å². The predicted octanol–water partition coefficient (Wildman–Crippen LogP) is 3.46. The molecule has 28 heavy (non-hydrogen) atoms. The summed E-state index contributed by atoms with van der Waals surface area (Å²) in [5, 5.41) is 16.7. The molecule has 3 rings (SSSR count). The first-order valence-corrected chi connectivity index (χ1v) is 11.5. The highest BCUT2D eigenvalue weighted by atomic mass is 32.2. The van der Waals surface area contributed by atoms with Crippen molar-refractivity contribution in [2.45, 2.75) is 56.1 Å². The summed E-state index contributed by atoms with van der Waals surface area (Å²) in [5.74, 6) is 1.99. The Morgan fingerprint density at radius 2 is 1.86 bits per heavy atom. The van der Waals surface area contributed by atoms with Gasteiger partial charge in [-0.1, -0.05) is 54.9 Å². The van der Waals surface area contributed by atoms with Crippen LogP contribution in [0.15, 0.2) is 40.5 Å². The Balaban J connectivity index is 1.41. The van der Waals surface area contributed by atoms with Crippen LogP contribution in [0.25, 0.3) is 0 Å². The van der Waals surface area contributed by atoms with Crippen molar-refractivity contribution in [3.8, 4) is 0 Å². The predicted molar refractivity (Wildman–Crippen MR) is 117 cm³/mol. The van der Waals surface area contributed by atoms with Gasteiger partial charge in [-0.05, 0) is 37.5 Å². The van der Waals surface area contributed by atoms with Gasteiger partial charge in [-0.2, -0.15) is 0 Å². The molecule has 1 aliphatic carbocycles. The summed E-state index contributed by atoms with van der Waals surface area (Å²) >= 11 is 1.70. The SMILES string of the molecule is CN=C(NCCCc1nnc(SC)n1C1CCCC1)NCCc1ccccc1. The van der Waals surface area contributed by atoms with E-state index in [1.54, 1.807) is 11.8 Å². The number of nitrogens with one attached hydrogen (secondary N) is 2. The average molecular weight is 401 g/mol. The summed E-state index contributed by atoms with van der Waals surface area (Å²) < 4.78 is 2.39. The van der Waals surface area contributed by atoms with Crippen molar-refractivity contribution in [3.05, 3.63) is 41.7 Å². The molecule has 1 aromatic carbocycles. The first-order valence-electron chi connectivity index (χ1n) is 10.3. The van der Waals surface area contributed by atoms with E-state index in [1.165, 1.54) is 31.2 Å². The Kier molecular flexibility index (Phi) is 8.21. The molecule has 1 aliphatic rings. The molecule has 1 aromatic heterocycles. The number of nitrogens with zero attached hydrogens (tertiary/aromatic N) is 4. The lowest BCUT2D eigenvalue weighted by Crippen LogP contribution is -2.38. The van der Waals surface area contributed by atoms with Crippen LogP contribution in [0, 0.1) is 0 Å². The molecule has 0 aliphatic heterocycles. The van der Waals surface area contributed by atoms with E-state index >= 15 is 0 Å². The van der Waals surface area contributed by atoms with E-state index in [0.29, 0.717) is 6.04 Å². The average Bonchev–Trinajstić information content (AvgIpc) is 3.39. The van der Waals surface area contributed by atoms with Crippen LogP contribution in [-0.2, 0) is 12.8 Å². The van der Waals surface area contributed by atoms with Gasteiger partial charge in [-0.25, -0.2) is 0 Å². The van der Waals surface area contributed by atoms with Gasteiger partial charge < -0.3 is 15.2 Å². The van der Waals surface area contributed by atoms with Crippen LogP contribution in [0.5, 0.6) is 0 Å². The molecule has 0 amide bonds. The van der Waals surface area contributed by atoms with Crippen molar-refractivity contribution in [1.29, 1.82) is 0 Å². The zero-order valence-corrected chi connectivity index (χ0v) is 17.8. The molecule has 0 saturated heterocycles. The summed E-state index contributed by atoms with van der Waals surface area (Å²) in [5.41, 5.74) is 1.33. The van der Waals surface area contributed by atoms with Crippen LogP contribution < -0.4 is 10.6 Å². The number of rotatable bonds is 9. The van der Waals surface area contributed by atoms with Crippen molar-refractivity contribution in [1.82, 2.24) is 25.4 Å². The number of hydrogen-bond donors (Lipinski definition) is 2. The normalized spacial score (nSPS) is 15.1. The van der Waals surface area contributed by atoms with E-state index in [1.807, 2.05) is 13.1 Å². The van der Waals surface area contributed by atoms with Crippen LogP contribution in [0.3, 0.4) is 0 Å². The first-order chi connectivity index (χ1) is 13.8. The lowest BCUT2D eigenvalue weighted by Gasteiger charge is -2.16. The van der Waals surface area contributed by atoms with E-state index in [0.717, 1.165) is 49.3 Å². The van der Waals surface area contributed by atoms with Gasteiger partial charge in [0.15, 0.2) is 11.1 Å². The summed E-state index contributed by atoms with van der Waals surface area (Å²) in [7, 11) is 1.82. The third-order valence-corrected chi connectivity index (χ3v) is 5.89. The third kappa shape index (κ3) is 5.74. The van der Waals surface area contributed by atoms with Crippen LogP contribution in [-0.4, -0.2) is 47.1 Å². The quantitative estimate of drug-likeness (QED) is 0.292. The number of thioether (sulfide) groups is 1. The maximum Gasteiger partial charge on any atom is 0.191 e. The fraction of sp³-hybridized carbons (Fsp3) is 0.571. The van der Waals surface area contributed by atoms with Gasteiger partial charge in [0.25, 0.3) is 0 Å². The van der Waals surface area contributed by atoms with Gasteiger partial charge in [0.1, 0.15) is 5.82 Å². The molecule has 0 radical (unpaired) electrons. The van der Waals surface area contributed by atoms with E-state index in [9.17, 15) is 0 Å². The van der Waals surface area contributed by atoms with Crippen molar-refractivity contribution < 1.29 is 0 Å². The lowest BCUT2D eigenvalue weighted by atomic mass is 10.1. The molecule has 1 heterocycles. The molecule has 0 spiro atoms. The minimum absolute atomic E-state index is 0.591. The minimum atomic E-state index is 0.591. The second-order valence-corrected chi connectivity index (χ2v) is 7.95. The van der Waals surface area contributed by atoms with E-state index < -0.39 is 0 Å². The highest BCUT2D eigenvalue weighted by Gasteiger charge is 2.23. The van der Waals surface area contributed by atoms with Crippen molar-refractivity contribution in [2.24, 2.45) is 4.99 Å². The molecule has 0 atom stereocenters. The number of aliphatic imine (C=N–C) groups is 1. The van der Waals surface area contributed by atoms with Crippen LogP contribution in [0.2, 0.25) is 0 Å². The van der Waals surface area contributed by atoms with Crippen molar-refractivity contribution in [2.75, 3.05) is 26.4 Å². The van der Waals surface area contributed by atoms with Gasteiger partial charge >= 0.3 is 0 Å². The second-order valence-electron chi connectivity index (χ2n) is 7.18. The van der Waals surface area contributed by atoms with Crippen molar-refractivity contribution >= 4 is 17.7 Å². The summed E-state index contributed by atoms with van der Waals surface area (Å²) in [6.45, 7) is 1.74. The Morgan fingerprint density at radius 3 is 2.57 bits per heavy atom. The summed E-state index contributed by atoms with van der Waals surface area (Å²) in [4.78, 5) is 4.32. The van der Waals surface area contributed by atoms with Gasteiger partial charge in [0, 0.05) is 32.6 Å². The molecule has 0 bridgehead atoms. The highest BCUT2D eigenvalue weighted by molar-refractivity contribution is 7.98. The van der Waals surface area contributed by atoms with Crippen molar-refractivity contribution in [3.63, 3.8) is 0 Å². The van der Waals surface area contributed by atoms with Gasteiger partial charge in [-0.3, -0.25) is 4.99 Å². The monoisotopic (exact) mass is 400 g/mol. The third-order valence-electron chi connectivity index (χ3n) is 5.25. The molecule has 6 nitrogen and oxygen atoms in total. The topological polar surface area (TPSA) is 67.1 Å². The number of aromatic nitrogens is 3. The Morgan fingerprint density at radius 1 is 1.11 bits per heavy atom. The fourth-order valence-corrected chi connectivity index (χ4v) is 4.36. The minimum Gasteiger partial charge on any atom is -0.356 e. The first kappa shape index (κ1) is 20.7. The number of benzene rings is 1. The van der Waals surface area contributed by atoms with Crippen LogP contribution in [0.4, 0.5) is 0 Å². The smallest absolute Gasteiger partial charge is 0.191 e. The van der Waals surface area contributed by atoms with Gasteiger partial charge in [0.05, 0.1) is 0 Å². The van der Waals surface area contributed by atoms with E-state index in [4.69, 9.17) is 0 Å². The molecule has 152 valence electrons. The molecule has 1 fully saturated rings. The highest BCUT2D eigenvalue weighted by Crippen LogP contribution is 2.33. The molecule has 7 heteroatoms. The fourth-order valence-electron chi connectivity index (χ4n) is 3.79. The molecule has 1 saturated carbocycles.